The van der Waals surface area contributed by atoms with Crippen LogP contribution in [0.2, 0.25) is 5.02 Å². The molecule has 0 fully saturated rings. The van der Waals surface area contributed by atoms with E-state index >= 15 is 0 Å². The van der Waals surface area contributed by atoms with Crippen molar-refractivity contribution in [3.8, 4) is 5.75 Å². The van der Waals surface area contributed by atoms with Gasteiger partial charge in [0, 0.05) is 18.2 Å². The molecule has 0 unspecified atom stereocenters. The first-order valence-electron chi connectivity index (χ1n) is 5.76. The number of ether oxygens (including phenoxy) is 1. The van der Waals surface area contributed by atoms with Crippen molar-refractivity contribution in [2.45, 2.75) is 26.4 Å². The van der Waals surface area contributed by atoms with Gasteiger partial charge in [-0.1, -0.05) is 11.6 Å². The standard InChI is InChI=1S/C13H18ClNO3/c1-4-18-13(2,3)8-15-12(17)10-6-5-9(14)7-11(10)16/h5-7,16H,4,8H2,1-3H3,(H,15,17). The minimum atomic E-state index is -0.438. The van der Waals surface area contributed by atoms with Gasteiger partial charge in [0.1, 0.15) is 5.75 Å². The average Bonchev–Trinajstić information content (AvgIpc) is 2.26. The van der Waals surface area contributed by atoms with Gasteiger partial charge in [0.05, 0.1) is 11.2 Å². The molecule has 18 heavy (non-hydrogen) atoms. The van der Waals surface area contributed by atoms with Gasteiger partial charge in [-0.05, 0) is 39.0 Å². The number of carbonyl (C=O) groups is 1. The maximum Gasteiger partial charge on any atom is 0.255 e. The van der Waals surface area contributed by atoms with Crippen LogP contribution in [0.4, 0.5) is 0 Å². The molecule has 1 rings (SSSR count). The van der Waals surface area contributed by atoms with E-state index in [4.69, 9.17) is 16.3 Å². The number of carbonyl (C=O) groups excluding carboxylic acids is 1. The summed E-state index contributed by atoms with van der Waals surface area (Å²) in [6.45, 7) is 6.61. The van der Waals surface area contributed by atoms with Crippen molar-refractivity contribution in [3.05, 3.63) is 28.8 Å². The molecule has 0 saturated heterocycles. The minimum absolute atomic E-state index is 0.130. The van der Waals surface area contributed by atoms with Crippen LogP contribution in [-0.4, -0.2) is 29.8 Å². The Kier molecular flexibility index (Phi) is 4.99. The number of nitrogens with one attached hydrogen (secondary N) is 1. The molecule has 0 aliphatic rings. The Morgan fingerprint density at radius 1 is 1.50 bits per heavy atom. The molecule has 0 radical (unpaired) electrons. The Labute approximate surface area is 112 Å². The van der Waals surface area contributed by atoms with Gasteiger partial charge in [-0.3, -0.25) is 4.79 Å². The summed E-state index contributed by atoms with van der Waals surface area (Å²) in [5.74, 6) is -0.480. The smallest absolute Gasteiger partial charge is 0.255 e. The van der Waals surface area contributed by atoms with Gasteiger partial charge in [0.15, 0.2) is 0 Å². The van der Waals surface area contributed by atoms with E-state index in [0.717, 1.165) is 0 Å². The molecule has 4 nitrogen and oxygen atoms in total. The van der Waals surface area contributed by atoms with Crippen molar-refractivity contribution < 1.29 is 14.6 Å². The summed E-state index contributed by atoms with van der Waals surface area (Å²) < 4.78 is 5.47. The van der Waals surface area contributed by atoms with Crippen LogP contribution >= 0.6 is 11.6 Å². The Bertz CT molecular complexity index is 432. The van der Waals surface area contributed by atoms with Gasteiger partial charge in [-0.25, -0.2) is 0 Å². The van der Waals surface area contributed by atoms with Gasteiger partial charge >= 0.3 is 0 Å². The Hall–Kier alpha value is -1.26. The fraction of sp³-hybridized carbons (Fsp3) is 0.462. The van der Waals surface area contributed by atoms with E-state index in [1.54, 1.807) is 6.07 Å². The normalized spacial score (nSPS) is 11.3. The van der Waals surface area contributed by atoms with E-state index in [0.29, 0.717) is 18.2 Å². The molecule has 0 aliphatic carbocycles. The van der Waals surface area contributed by atoms with E-state index in [1.807, 2.05) is 20.8 Å². The third-order valence-electron chi connectivity index (χ3n) is 2.41. The van der Waals surface area contributed by atoms with Gasteiger partial charge in [-0.2, -0.15) is 0 Å². The van der Waals surface area contributed by atoms with Crippen LogP contribution in [0.25, 0.3) is 0 Å². The minimum Gasteiger partial charge on any atom is -0.507 e. The van der Waals surface area contributed by atoms with Crippen molar-refractivity contribution in [3.63, 3.8) is 0 Å². The highest BCUT2D eigenvalue weighted by Gasteiger charge is 2.20. The second kappa shape index (κ2) is 6.07. The first-order chi connectivity index (χ1) is 8.35. The SMILES string of the molecule is CCOC(C)(C)CNC(=O)c1ccc(Cl)cc1O. The molecule has 0 heterocycles. The first-order valence-corrected chi connectivity index (χ1v) is 6.14. The van der Waals surface area contributed by atoms with E-state index in [9.17, 15) is 9.90 Å². The summed E-state index contributed by atoms with van der Waals surface area (Å²) >= 11 is 5.70. The van der Waals surface area contributed by atoms with E-state index in [1.165, 1.54) is 12.1 Å². The van der Waals surface area contributed by atoms with Crippen LogP contribution in [0.5, 0.6) is 5.75 Å². The lowest BCUT2D eigenvalue weighted by molar-refractivity contribution is -0.00817. The number of halogens is 1. The number of benzene rings is 1. The maximum absolute atomic E-state index is 11.9. The van der Waals surface area contributed by atoms with Crippen molar-refractivity contribution >= 4 is 17.5 Å². The molecule has 0 aliphatic heterocycles. The number of hydrogen-bond donors (Lipinski definition) is 2. The van der Waals surface area contributed by atoms with Crippen LogP contribution < -0.4 is 5.32 Å². The van der Waals surface area contributed by atoms with Crippen LogP contribution in [0, 0.1) is 0 Å². The third-order valence-corrected chi connectivity index (χ3v) is 2.65. The monoisotopic (exact) mass is 271 g/mol. The number of aromatic hydroxyl groups is 1. The highest BCUT2D eigenvalue weighted by molar-refractivity contribution is 6.30. The van der Waals surface area contributed by atoms with Gasteiger partial charge in [0.2, 0.25) is 0 Å². The highest BCUT2D eigenvalue weighted by atomic mass is 35.5. The van der Waals surface area contributed by atoms with E-state index in [2.05, 4.69) is 5.32 Å². The highest BCUT2D eigenvalue weighted by Crippen LogP contribution is 2.21. The second-order valence-corrected chi connectivity index (χ2v) is 4.97. The third kappa shape index (κ3) is 4.20. The second-order valence-electron chi connectivity index (χ2n) is 4.54. The van der Waals surface area contributed by atoms with Crippen LogP contribution in [0.1, 0.15) is 31.1 Å². The van der Waals surface area contributed by atoms with Crippen molar-refractivity contribution in [1.29, 1.82) is 0 Å². The predicted molar refractivity (Wildman–Crippen MR) is 71.2 cm³/mol. The lowest BCUT2D eigenvalue weighted by atomic mass is 10.1. The number of amides is 1. The van der Waals surface area contributed by atoms with Gasteiger partial charge in [0.25, 0.3) is 5.91 Å². The molecule has 1 aromatic rings. The molecule has 0 aromatic heterocycles. The lowest BCUT2D eigenvalue weighted by Gasteiger charge is -2.24. The van der Waals surface area contributed by atoms with Crippen molar-refractivity contribution in [2.75, 3.05) is 13.2 Å². The lowest BCUT2D eigenvalue weighted by Crippen LogP contribution is -2.40. The first kappa shape index (κ1) is 14.8. The van der Waals surface area contributed by atoms with Crippen molar-refractivity contribution in [2.24, 2.45) is 0 Å². The molecule has 100 valence electrons. The molecule has 2 N–H and O–H groups in total. The van der Waals surface area contributed by atoms with E-state index < -0.39 is 5.60 Å². The number of hydrogen-bond acceptors (Lipinski definition) is 3. The summed E-state index contributed by atoms with van der Waals surface area (Å²) in [5.41, 5.74) is -0.237. The zero-order valence-corrected chi connectivity index (χ0v) is 11.5. The van der Waals surface area contributed by atoms with Crippen LogP contribution in [-0.2, 0) is 4.74 Å². The predicted octanol–water partition coefficient (Wildman–Crippen LogP) is 2.59. The maximum atomic E-state index is 11.9. The molecule has 1 aromatic carbocycles. The summed E-state index contributed by atoms with van der Waals surface area (Å²) in [6.07, 6.45) is 0. The molecular weight excluding hydrogens is 254 g/mol. The molecular formula is C13H18ClNO3. The fourth-order valence-corrected chi connectivity index (χ4v) is 1.69. The largest absolute Gasteiger partial charge is 0.507 e. The Morgan fingerprint density at radius 2 is 2.17 bits per heavy atom. The molecule has 0 atom stereocenters. The fourth-order valence-electron chi connectivity index (χ4n) is 1.53. The zero-order chi connectivity index (χ0) is 13.8. The summed E-state index contributed by atoms with van der Waals surface area (Å²) in [7, 11) is 0. The summed E-state index contributed by atoms with van der Waals surface area (Å²) in [4.78, 5) is 11.9. The summed E-state index contributed by atoms with van der Waals surface area (Å²) in [6, 6.07) is 4.38. The van der Waals surface area contributed by atoms with Crippen LogP contribution in [0.3, 0.4) is 0 Å². The average molecular weight is 272 g/mol. The number of phenols is 1. The quantitative estimate of drug-likeness (QED) is 0.865. The van der Waals surface area contributed by atoms with Crippen molar-refractivity contribution in [1.82, 2.24) is 5.32 Å². The Morgan fingerprint density at radius 3 is 2.72 bits per heavy atom. The van der Waals surface area contributed by atoms with Gasteiger partial charge in [-0.15, -0.1) is 0 Å². The topological polar surface area (TPSA) is 58.6 Å². The van der Waals surface area contributed by atoms with E-state index in [-0.39, 0.29) is 17.2 Å². The van der Waals surface area contributed by atoms with Crippen LogP contribution in [0.15, 0.2) is 18.2 Å². The van der Waals surface area contributed by atoms with Gasteiger partial charge < -0.3 is 15.2 Å². The zero-order valence-electron chi connectivity index (χ0n) is 10.8. The molecule has 0 bridgehead atoms. The molecule has 1 amide bonds. The molecule has 5 heteroatoms. The summed E-state index contributed by atoms with van der Waals surface area (Å²) in [5, 5.41) is 12.7. The molecule has 0 saturated carbocycles. The molecule has 0 spiro atoms. The number of phenolic OH excluding ortho intramolecular Hbond substituents is 1. The Balaban J connectivity index is 2.66. The number of rotatable bonds is 5.